The number of aromatic nitrogens is 3. The molecule has 1 aliphatic heterocycles. The standard InChI is InChI=1S/C18H21IN4O2/c1-18(2,24)14-7-6-11(9-20-14)15-16(19)23(3)17(21-15)12-8-13(25-22-12)10-4-5-10/h6-7,9-10,13,24H,4-5,8H2,1-3H3. The van der Waals surface area contributed by atoms with Crippen LogP contribution in [0.1, 0.15) is 44.6 Å². The fourth-order valence-corrected chi connectivity index (χ4v) is 3.73. The molecule has 1 unspecified atom stereocenters. The average molecular weight is 452 g/mol. The van der Waals surface area contributed by atoms with Gasteiger partial charge in [0.25, 0.3) is 0 Å². The van der Waals surface area contributed by atoms with Gasteiger partial charge < -0.3 is 14.5 Å². The van der Waals surface area contributed by atoms with Crippen LogP contribution in [0.15, 0.2) is 23.5 Å². The molecule has 3 heterocycles. The molecular formula is C18H21IN4O2. The van der Waals surface area contributed by atoms with E-state index in [-0.39, 0.29) is 6.10 Å². The molecule has 25 heavy (non-hydrogen) atoms. The third-order valence-electron chi connectivity index (χ3n) is 4.79. The molecule has 2 aromatic heterocycles. The molecule has 0 radical (unpaired) electrons. The van der Waals surface area contributed by atoms with Gasteiger partial charge in [0, 0.05) is 25.2 Å². The summed E-state index contributed by atoms with van der Waals surface area (Å²) >= 11 is 2.30. The second-order valence-electron chi connectivity index (χ2n) is 7.35. The van der Waals surface area contributed by atoms with Crippen molar-refractivity contribution in [1.82, 2.24) is 14.5 Å². The zero-order valence-electron chi connectivity index (χ0n) is 14.5. The monoisotopic (exact) mass is 452 g/mol. The van der Waals surface area contributed by atoms with Gasteiger partial charge >= 0.3 is 0 Å². The molecule has 1 atom stereocenters. The highest BCUT2D eigenvalue weighted by Crippen LogP contribution is 2.39. The van der Waals surface area contributed by atoms with Crippen LogP contribution in [0.4, 0.5) is 0 Å². The van der Waals surface area contributed by atoms with Crippen LogP contribution in [-0.2, 0) is 17.5 Å². The molecule has 0 amide bonds. The van der Waals surface area contributed by atoms with Gasteiger partial charge in [0.2, 0.25) is 0 Å². The Bertz CT molecular complexity index is 832. The number of oxime groups is 1. The SMILES string of the molecule is Cn1c(C2=NOC(C3CC3)C2)nc(-c2ccc(C(C)(C)O)nc2)c1I. The van der Waals surface area contributed by atoms with Gasteiger partial charge in [0.15, 0.2) is 5.82 Å². The van der Waals surface area contributed by atoms with Crippen molar-refractivity contribution >= 4 is 28.3 Å². The molecule has 0 spiro atoms. The Morgan fingerprint density at radius 2 is 2.08 bits per heavy atom. The summed E-state index contributed by atoms with van der Waals surface area (Å²) in [5.74, 6) is 1.52. The minimum atomic E-state index is -0.950. The number of rotatable bonds is 4. The molecule has 6 nitrogen and oxygen atoms in total. The number of halogens is 1. The van der Waals surface area contributed by atoms with Gasteiger partial charge in [-0.2, -0.15) is 0 Å². The predicted molar refractivity (Wildman–Crippen MR) is 103 cm³/mol. The summed E-state index contributed by atoms with van der Waals surface area (Å²) in [5, 5.41) is 14.3. The summed E-state index contributed by atoms with van der Waals surface area (Å²) in [6.07, 6.45) is 5.31. The van der Waals surface area contributed by atoms with Crippen LogP contribution in [-0.4, -0.2) is 31.5 Å². The summed E-state index contributed by atoms with van der Waals surface area (Å²) in [7, 11) is 2.00. The number of imidazole rings is 1. The first-order chi connectivity index (χ1) is 11.8. The summed E-state index contributed by atoms with van der Waals surface area (Å²) < 4.78 is 3.08. The number of pyridine rings is 1. The number of aliphatic hydroxyl groups is 1. The number of hydrogen-bond acceptors (Lipinski definition) is 5. The average Bonchev–Trinajstić information content (AvgIpc) is 3.24. The van der Waals surface area contributed by atoms with Crippen molar-refractivity contribution in [1.29, 1.82) is 0 Å². The summed E-state index contributed by atoms with van der Waals surface area (Å²) in [6, 6.07) is 3.80. The lowest BCUT2D eigenvalue weighted by Crippen LogP contribution is -2.17. The molecular weight excluding hydrogens is 431 g/mol. The maximum absolute atomic E-state index is 10.1. The lowest BCUT2D eigenvalue weighted by Gasteiger charge is -2.16. The topological polar surface area (TPSA) is 72.5 Å². The van der Waals surface area contributed by atoms with E-state index in [1.54, 1.807) is 20.0 Å². The first-order valence-electron chi connectivity index (χ1n) is 8.49. The quantitative estimate of drug-likeness (QED) is 0.724. The molecule has 132 valence electrons. The van der Waals surface area contributed by atoms with E-state index < -0.39 is 5.60 Å². The van der Waals surface area contributed by atoms with Crippen molar-refractivity contribution in [2.75, 3.05) is 0 Å². The van der Waals surface area contributed by atoms with Crippen LogP contribution in [0.5, 0.6) is 0 Å². The highest BCUT2D eigenvalue weighted by molar-refractivity contribution is 14.1. The van der Waals surface area contributed by atoms with Crippen molar-refractivity contribution in [3.05, 3.63) is 33.5 Å². The number of nitrogens with zero attached hydrogens (tertiary/aromatic N) is 4. The van der Waals surface area contributed by atoms with Gasteiger partial charge in [-0.1, -0.05) is 5.16 Å². The molecule has 1 aliphatic carbocycles. The fourth-order valence-electron chi connectivity index (χ4n) is 3.07. The van der Waals surface area contributed by atoms with E-state index in [4.69, 9.17) is 9.82 Å². The van der Waals surface area contributed by atoms with Gasteiger partial charge in [-0.3, -0.25) is 4.98 Å². The highest BCUT2D eigenvalue weighted by Gasteiger charge is 2.38. The van der Waals surface area contributed by atoms with Gasteiger partial charge in [-0.25, -0.2) is 4.98 Å². The molecule has 4 rings (SSSR count). The molecule has 0 saturated heterocycles. The van der Waals surface area contributed by atoms with Crippen LogP contribution >= 0.6 is 22.6 Å². The smallest absolute Gasteiger partial charge is 0.159 e. The van der Waals surface area contributed by atoms with Crippen LogP contribution in [0.3, 0.4) is 0 Å². The Morgan fingerprint density at radius 3 is 2.68 bits per heavy atom. The van der Waals surface area contributed by atoms with Crippen LogP contribution in [0.2, 0.25) is 0 Å². The lowest BCUT2D eigenvalue weighted by atomic mass is 10.0. The third kappa shape index (κ3) is 3.19. The Morgan fingerprint density at radius 1 is 1.32 bits per heavy atom. The minimum absolute atomic E-state index is 0.223. The first kappa shape index (κ1) is 17.0. The molecule has 1 N–H and O–H groups in total. The normalized spacial score (nSPS) is 20.5. The van der Waals surface area contributed by atoms with E-state index in [1.807, 2.05) is 19.2 Å². The van der Waals surface area contributed by atoms with Crippen LogP contribution in [0.25, 0.3) is 11.3 Å². The second kappa shape index (κ2) is 6.05. The maximum Gasteiger partial charge on any atom is 0.159 e. The molecule has 2 aromatic rings. The molecule has 0 bridgehead atoms. The predicted octanol–water partition coefficient (Wildman–Crippen LogP) is 3.22. The third-order valence-corrected chi connectivity index (χ3v) is 6.02. The Balaban J connectivity index is 1.63. The van der Waals surface area contributed by atoms with Crippen LogP contribution in [0, 0.1) is 9.62 Å². The van der Waals surface area contributed by atoms with Crippen molar-refractivity contribution < 1.29 is 9.94 Å². The summed E-state index contributed by atoms with van der Waals surface area (Å²) in [6.45, 7) is 3.46. The lowest BCUT2D eigenvalue weighted by molar-refractivity contribution is 0.0694. The fraction of sp³-hybridized carbons (Fsp3) is 0.500. The zero-order chi connectivity index (χ0) is 17.8. The van der Waals surface area contributed by atoms with E-state index in [0.717, 1.165) is 32.9 Å². The molecule has 1 fully saturated rings. The maximum atomic E-state index is 10.1. The van der Waals surface area contributed by atoms with E-state index >= 15 is 0 Å². The molecule has 7 heteroatoms. The van der Waals surface area contributed by atoms with E-state index in [9.17, 15) is 5.11 Å². The van der Waals surface area contributed by atoms with Crippen molar-refractivity contribution in [2.45, 2.75) is 44.8 Å². The van der Waals surface area contributed by atoms with E-state index in [0.29, 0.717) is 11.6 Å². The Hall–Kier alpha value is -1.48. The molecule has 2 aliphatic rings. The summed E-state index contributed by atoms with van der Waals surface area (Å²) in [5.41, 5.74) is 2.42. The van der Waals surface area contributed by atoms with Crippen LogP contribution < -0.4 is 0 Å². The second-order valence-corrected chi connectivity index (χ2v) is 8.37. The van der Waals surface area contributed by atoms with Gasteiger partial charge in [0.1, 0.15) is 26.8 Å². The molecule has 1 saturated carbocycles. The van der Waals surface area contributed by atoms with Crippen molar-refractivity contribution in [3.8, 4) is 11.3 Å². The van der Waals surface area contributed by atoms with Crippen molar-refractivity contribution in [3.63, 3.8) is 0 Å². The van der Waals surface area contributed by atoms with Crippen molar-refractivity contribution in [2.24, 2.45) is 18.1 Å². The Labute approximate surface area is 160 Å². The largest absolute Gasteiger partial charge is 0.391 e. The zero-order valence-corrected chi connectivity index (χ0v) is 16.7. The Kier molecular flexibility index (Phi) is 4.10. The van der Waals surface area contributed by atoms with E-state index in [2.05, 4.69) is 37.3 Å². The minimum Gasteiger partial charge on any atom is -0.391 e. The van der Waals surface area contributed by atoms with E-state index in [1.165, 1.54) is 12.8 Å². The highest BCUT2D eigenvalue weighted by atomic mass is 127. The van der Waals surface area contributed by atoms with Gasteiger partial charge in [0.05, 0.1) is 5.69 Å². The van der Waals surface area contributed by atoms with Gasteiger partial charge in [-0.05, 0) is 67.3 Å². The first-order valence-corrected chi connectivity index (χ1v) is 9.57. The van der Waals surface area contributed by atoms with Gasteiger partial charge in [-0.15, -0.1) is 0 Å². The summed E-state index contributed by atoms with van der Waals surface area (Å²) in [4.78, 5) is 14.8. The number of hydrogen-bond donors (Lipinski definition) is 1. The molecule has 0 aromatic carbocycles.